The number of hydrogen-bond acceptors (Lipinski definition) is 5. The highest BCUT2D eigenvalue weighted by molar-refractivity contribution is 5.78. The molecule has 0 aromatic heterocycles. The Labute approximate surface area is 150 Å². The van der Waals surface area contributed by atoms with Gasteiger partial charge in [-0.05, 0) is 25.7 Å². The van der Waals surface area contributed by atoms with Gasteiger partial charge in [-0.15, -0.1) is 0 Å². The van der Waals surface area contributed by atoms with Crippen LogP contribution in [0, 0.1) is 11.8 Å². The third kappa shape index (κ3) is 7.71. The third-order valence-corrected chi connectivity index (χ3v) is 4.56. The van der Waals surface area contributed by atoms with E-state index in [1.807, 2.05) is 27.7 Å². The van der Waals surface area contributed by atoms with Gasteiger partial charge in [-0.25, -0.2) is 0 Å². The molecule has 7 nitrogen and oxygen atoms in total. The molecular formula is C18H34N2O5. The van der Waals surface area contributed by atoms with Crippen LogP contribution in [0.15, 0.2) is 0 Å². The molecule has 1 saturated carbocycles. The predicted molar refractivity (Wildman–Crippen MR) is 94.9 cm³/mol. The lowest BCUT2D eigenvalue weighted by Crippen LogP contribution is -2.51. The van der Waals surface area contributed by atoms with Crippen LogP contribution in [-0.2, 0) is 14.3 Å². The van der Waals surface area contributed by atoms with Gasteiger partial charge in [-0.3, -0.25) is 9.59 Å². The second-order valence-corrected chi connectivity index (χ2v) is 7.86. The van der Waals surface area contributed by atoms with Crippen LogP contribution in [0.5, 0.6) is 0 Å². The van der Waals surface area contributed by atoms with Gasteiger partial charge in [0, 0.05) is 24.9 Å². The molecule has 1 saturated heterocycles. The highest BCUT2D eigenvalue weighted by Gasteiger charge is 2.35. The van der Waals surface area contributed by atoms with E-state index in [1.165, 1.54) is 0 Å². The smallest absolute Gasteiger partial charge is 0.222 e. The van der Waals surface area contributed by atoms with E-state index in [9.17, 15) is 19.8 Å². The molecule has 2 fully saturated rings. The maximum absolute atomic E-state index is 11.1. The van der Waals surface area contributed by atoms with Gasteiger partial charge in [0.15, 0.2) is 0 Å². The zero-order chi connectivity index (χ0) is 19.1. The molecule has 146 valence electrons. The quantitative estimate of drug-likeness (QED) is 0.533. The van der Waals surface area contributed by atoms with E-state index in [0.29, 0.717) is 32.7 Å². The Balaban J connectivity index is 0.000000251. The summed E-state index contributed by atoms with van der Waals surface area (Å²) in [6, 6.07) is 0. The molecule has 0 bridgehead atoms. The molecule has 7 heteroatoms. The summed E-state index contributed by atoms with van der Waals surface area (Å²) in [5.41, 5.74) is -1.28. The predicted octanol–water partition coefficient (Wildman–Crippen LogP) is 0.584. The number of nitrogens with one attached hydrogen (secondary N) is 2. The van der Waals surface area contributed by atoms with E-state index in [0.717, 1.165) is 19.3 Å². The number of carbonyl (C=O) groups is 2. The van der Waals surface area contributed by atoms with E-state index in [1.54, 1.807) is 0 Å². The largest absolute Gasteiger partial charge is 0.388 e. The molecular weight excluding hydrogens is 324 g/mol. The Morgan fingerprint density at radius 2 is 1.48 bits per heavy atom. The average Bonchev–Trinajstić information content (AvgIpc) is 2.49. The lowest BCUT2D eigenvalue weighted by atomic mass is 9.80. The van der Waals surface area contributed by atoms with Crippen LogP contribution in [0.3, 0.4) is 0 Å². The lowest BCUT2D eigenvalue weighted by molar-refractivity contribution is -0.180. The van der Waals surface area contributed by atoms with Crippen LogP contribution in [0.2, 0.25) is 0 Å². The second kappa shape index (κ2) is 9.50. The maximum atomic E-state index is 11.1. The highest BCUT2D eigenvalue weighted by Crippen LogP contribution is 2.30. The minimum atomic E-state index is -0.690. The SMILES string of the molecule is CC(C)C(=O)NCC1(O)CCC1.CC(C)C(=O)NCCC1(O)COC1. The molecule has 2 rings (SSSR count). The topological polar surface area (TPSA) is 108 Å². The second-order valence-electron chi connectivity index (χ2n) is 7.86. The molecule has 2 amide bonds. The summed E-state index contributed by atoms with van der Waals surface area (Å²) in [6.07, 6.45) is 3.30. The Bertz CT molecular complexity index is 443. The number of amides is 2. The first-order chi connectivity index (χ1) is 11.6. The maximum Gasteiger partial charge on any atom is 0.222 e. The summed E-state index contributed by atoms with van der Waals surface area (Å²) < 4.78 is 4.88. The van der Waals surface area contributed by atoms with Crippen LogP contribution in [0.25, 0.3) is 0 Å². The third-order valence-electron chi connectivity index (χ3n) is 4.56. The Morgan fingerprint density at radius 1 is 0.960 bits per heavy atom. The summed E-state index contributed by atoms with van der Waals surface area (Å²) in [5, 5.41) is 24.7. The van der Waals surface area contributed by atoms with Gasteiger partial charge in [-0.1, -0.05) is 27.7 Å². The standard InChI is InChI=1S/C9H17NO3.C9H17NO2/c1-7(2)8(11)10-4-3-9(12)5-13-6-9;1-7(2)8(11)10-6-9(12)4-3-5-9/h7,12H,3-6H2,1-2H3,(H,10,11);7,12H,3-6H2,1-2H3,(H,10,11). The molecule has 0 spiro atoms. The highest BCUT2D eigenvalue weighted by atomic mass is 16.5. The van der Waals surface area contributed by atoms with Crippen molar-refractivity contribution in [3.8, 4) is 0 Å². The molecule has 0 aromatic carbocycles. The van der Waals surface area contributed by atoms with Crippen LogP contribution >= 0.6 is 0 Å². The fraction of sp³-hybridized carbons (Fsp3) is 0.889. The summed E-state index contributed by atoms with van der Waals surface area (Å²) in [6.45, 7) is 9.11. The van der Waals surface area contributed by atoms with Crippen LogP contribution in [-0.4, -0.2) is 59.5 Å². The van der Waals surface area contributed by atoms with E-state index in [-0.39, 0.29) is 23.7 Å². The first-order valence-corrected chi connectivity index (χ1v) is 9.15. The van der Waals surface area contributed by atoms with E-state index in [4.69, 9.17) is 4.74 Å². The van der Waals surface area contributed by atoms with Gasteiger partial charge in [0.05, 0.1) is 18.8 Å². The van der Waals surface area contributed by atoms with Gasteiger partial charge < -0.3 is 25.6 Å². The molecule has 1 heterocycles. The van der Waals surface area contributed by atoms with Crippen molar-refractivity contribution in [3.05, 3.63) is 0 Å². The fourth-order valence-electron chi connectivity index (χ4n) is 2.32. The zero-order valence-corrected chi connectivity index (χ0v) is 15.9. The van der Waals surface area contributed by atoms with Gasteiger partial charge in [0.1, 0.15) is 5.60 Å². The minimum Gasteiger partial charge on any atom is -0.388 e. The first kappa shape index (κ1) is 21.9. The Kier molecular flexibility index (Phi) is 8.31. The van der Waals surface area contributed by atoms with Gasteiger partial charge >= 0.3 is 0 Å². The van der Waals surface area contributed by atoms with E-state index >= 15 is 0 Å². The minimum absolute atomic E-state index is 0.00674. The molecule has 1 aliphatic carbocycles. The fourth-order valence-corrected chi connectivity index (χ4v) is 2.32. The summed E-state index contributed by atoms with van der Waals surface area (Å²) >= 11 is 0. The van der Waals surface area contributed by atoms with Crippen molar-refractivity contribution in [1.82, 2.24) is 10.6 Å². The van der Waals surface area contributed by atoms with Crippen molar-refractivity contribution in [2.75, 3.05) is 26.3 Å². The number of hydrogen-bond donors (Lipinski definition) is 4. The van der Waals surface area contributed by atoms with E-state index in [2.05, 4.69) is 10.6 Å². The summed E-state index contributed by atoms with van der Waals surface area (Å²) in [7, 11) is 0. The average molecular weight is 358 g/mol. The molecule has 0 radical (unpaired) electrons. The van der Waals surface area contributed by atoms with Crippen LogP contribution < -0.4 is 10.6 Å². The van der Waals surface area contributed by atoms with Gasteiger partial charge in [-0.2, -0.15) is 0 Å². The molecule has 1 aliphatic heterocycles. The monoisotopic (exact) mass is 358 g/mol. The number of aliphatic hydroxyl groups is 2. The molecule has 0 aromatic rings. The van der Waals surface area contributed by atoms with Crippen molar-refractivity contribution in [2.45, 2.75) is 64.6 Å². The van der Waals surface area contributed by atoms with Crippen molar-refractivity contribution in [2.24, 2.45) is 11.8 Å². The Hall–Kier alpha value is -1.18. The number of rotatable bonds is 7. The zero-order valence-electron chi connectivity index (χ0n) is 15.9. The summed E-state index contributed by atoms with van der Waals surface area (Å²) in [4.78, 5) is 22.2. The van der Waals surface area contributed by atoms with Crippen LogP contribution in [0.4, 0.5) is 0 Å². The van der Waals surface area contributed by atoms with Crippen molar-refractivity contribution >= 4 is 11.8 Å². The van der Waals surface area contributed by atoms with Crippen LogP contribution in [0.1, 0.15) is 53.4 Å². The Morgan fingerprint density at radius 3 is 1.84 bits per heavy atom. The first-order valence-electron chi connectivity index (χ1n) is 9.15. The van der Waals surface area contributed by atoms with Crippen molar-refractivity contribution in [3.63, 3.8) is 0 Å². The molecule has 0 atom stereocenters. The summed E-state index contributed by atoms with van der Waals surface area (Å²) in [5.74, 6) is 0.0696. The number of carbonyl (C=O) groups excluding carboxylic acids is 2. The van der Waals surface area contributed by atoms with Gasteiger partial charge in [0.25, 0.3) is 0 Å². The molecule has 0 unspecified atom stereocenters. The van der Waals surface area contributed by atoms with E-state index < -0.39 is 11.2 Å². The molecule has 4 N–H and O–H groups in total. The number of ether oxygens (including phenoxy) is 1. The lowest BCUT2D eigenvalue weighted by Gasteiger charge is -2.36. The van der Waals surface area contributed by atoms with Crippen molar-refractivity contribution < 1.29 is 24.5 Å². The van der Waals surface area contributed by atoms with Gasteiger partial charge in [0.2, 0.25) is 11.8 Å². The normalized spacial score (nSPS) is 20.0. The molecule has 2 aliphatic rings. The van der Waals surface area contributed by atoms with Crippen molar-refractivity contribution in [1.29, 1.82) is 0 Å². The molecule has 25 heavy (non-hydrogen) atoms.